The van der Waals surface area contributed by atoms with E-state index in [1.165, 1.54) is 20.8 Å². The normalized spacial score (nSPS) is 46.2. The van der Waals surface area contributed by atoms with Crippen molar-refractivity contribution >= 4 is 5.97 Å². The van der Waals surface area contributed by atoms with E-state index >= 15 is 8.78 Å². The van der Waals surface area contributed by atoms with Gasteiger partial charge < -0.3 is 19.3 Å². The zero-order chi connectivity index (χ0) is 23.3. The number of alkyl halides is 5. The molecule has 4 atom stereocenters. The number of aliphatic hydroxyl groups is 1. The zero-order valence-corrected chi connectivity index (χ0v) is 17.6. The van der Waals surface area contributed by atoms with Gasteiger partial charge in [-0.3, -0.25) is 0 Å². The Morgan fingerprint density at radius 1 is 1.10 bits per heavy atom. The van der Waals surface area contributed by atoms with Crippen molar-refractivity contribution < 1.29 is 46.1 Å². The van der Waals surface area contributed by atoms with Crippen molar-refractivity contribution in [1.82, 2.24) is 0 Å². The first-order valence-corrected chi connectivity index (χ1v) is 10.4. The predicted molar refractivity (Wildman–Crippen MR) is 96.7 cm³/mol. The lowest BCUT2D eigenvalue weighted by Crippen LogP contribution is -2.83. The molecule has 0 amide bonds. The highest BCUT2D eigenvalue weighted by molar-refractivity contribution is 5.81. The standard InChI is InChI=1S/C21H27F5O5/c1-5-14(27)29-17-8-11-6-12(9-17)18(13(7-11)10-17)19(22,23)20(28,21(24,25)26)31-15(30-18)16(2,3)4/h5,11-13,15,28H,1,6-10H2,2-4H3. The van der Waals surface area contributed by atoms with E-state index in [1.54, 1.807) is 0 Å². The molecule has 1 aliphatic heterocycles. The Labute approximate surface area is 176 Å². The Morgan fingerprint density at radius 2 is 1.65 bits per heavy atom. The number of halogens is 5. The average Bonchev–Trinajstić information content (AvgIpc) is 2.59. The van der Waals surface area contributed by atoms with Crippen LogP contribution in [0.3, 0.4) is 0 Å². The highest BCUT2D eigenvalue weighted by Gasteiger charge is 2.87. The van der Waals surface area contributed by atoms with Crippen molar-refractivity contribution in [2.24, 2.45) is 23.2 Å². The molecule has 176 valence electrons. The molecule has 5 rings (SSSR count). The average molecular weight is 454 g/mol. The molecule has 31 heavy (non-hydrogen) atoms. The zero-order valence-electron chi connectivity index (χ0n) is 17.6. The van der Waals surface area contributed by atoms with Gasteiger partial charge in [0, 0.05) is 11.5 Å². The Hall–Kier alpha value is -1.26. The van der Waals surface area contributed by atoms with Crippen molar-refractivity contribution in [3.05, 3.63) is 12.7 Å². The summed E-state index contributed by atoms with van der Waals surface area (Å²) in [6.07, 6.45) is -5.77. The van der Waals surface area contributed by atoms with E-state index in [4.69, 9.17) is 9.47 Å². The van der Waals surface area contributed by atoms with Crippen molar-refractivity contribution in [3.63, 3.8) is 0 Å². The van der Waals surface area contributed by atoms with Gasteiger partial charge in [0.25, 0.3) is 0 Å². The van der Waals surface area contributed by atoms with Crippen LogP contribution in [0, 0.1) is 23.2 Å². The number of ether oxygens (including phenoxy) is 3. The number of esters is 1. The van der Waals surface area contributed by atoms with E-state index in [0.717, 1.165) is 6.08 Å². The number of rotatable bonds is 2. The number of carbonyl (C=O) groups excluding carboxylic acids is 1. The minimum atomic E-state index is -5.75. The molecule has 0 aromatic carbocycles. The molecule has 4 saturated carbocycles. The fourth-order valence-electron chi connectivity index (χ4n) is 6.35. The summed E-state index contributed by atoms with van der Waals surface area (Å²) >= 11 is 0. The second-order valence-electron chi connectivity index (χ2n) is 10.6. The van der Waals surface area contributed by atoms with Gasteiger partial charge >= 0.3 is 23.9 Å². The van der Waals surface area contributed by atoms with E-state index < -0.39 is 58.6 Å². The number of hydrogen-bond donors (Lipinski definition) is 1. The molecular formula is C21H27F5O5. The molecule has 1 heterocycles. The summed E-state index contributed by atoms with van der Waals surface area (Å²) < 4.78 is 89.3. The minimum Gasteiger partial charge on any atom is -0.456 e. The number of hydrogen-bond acceptors (Lipinski definition) is 5. The molecule has 4 unspecified atom stereocenters. The van der Waals surface area contributed by atoms with Crippen LogP contribution in [-0.4, -0.2) is 46.5 Å². The molecule has 1 spiro atoms. The second kappa shape index (κ2) is 6.41. The van der Waals surface area contributed by atoms with Crippen molar-refractivity contribution in [1.29, 1.82) is 0 Å². The third kappa shape index (κ3) is 2.93. The molecule has 0 radical (unpaired) electrons. The maximum atomic E-state index is 15.8. The van der Waals surface area contributed by atoms with Crippen LogP contribution in [0.1, 0.15) is 52.9 Å². The predicted octanol–water partition coefficient (Wildman–Crippen LogP) is 4.34. The van der Waals surface area contributed by atoms with Gasteiger partial charge in [0.15, 0.2) is 6.29 Å². The first-order valence-electron chi connectivity index (χ1n) is 10.4. The van der Waals surface area contributed by atoms with Gasteiger partial charge in [0.1, 0.15) is 11.2 Å². The first kappa shape index (κ1) is 22.9. The minimum absolute atomic E-state index is 0.0695. The highest BCUT2D eigenvalue weighted by Crippen LogP contribution is 2.70. The summed E-state index contributed by atoms with van der Waals surface area (Å²) in [6.45, 7) is 7.84. The fraction of sp³-hybridized carbons (Fsp3) is 0.857. The Kier molecular flexibility index (Phi) is 4.74. The third-order valence-corrected chi connectivity index (χ3v) is 7.42. The SMILES string of the molecule is C=CC(=O)OC12CC3CC(C1)C1(OC(C(C)(C)C)OC(O)(C(F)(F)F)C1(F)F)C(C3)C2. The van der Waals surface area contributed by atoms with Crippen LogP contribution in [0.15, 0.2) is 12.7 Å². The van der Waals surface area contributed by atoms with Gasteiger partial charge in [-0.25, -0.2) is 4.79 Å². The topological polar surface area (TPSA) is 65.0 Å². The van der Waals surface area contributed by atoms with E-state index in [2.05, 4.69) is 11.3 Å². The Morgan fingerprint density at radius 3 is 2.10 bits per heavy atom. The van der Waals surface area contributed by atoms with Crippen LogP contribution < -0.4 is 0 Å². The summed E-state index contributed by atoms with van der Waals surface area (Å²) in [5.74, 6) is -12.4. The smallest absolute Gasteiger partial charge is 0.449 e. The largest absolute Gasteiger partial charge is 0.456 e. The maximum Gasteiger partial charge on any atom is 0.449 e. The van der Waals surface area contributed by atoms with E-state index in [1.807, 2.05) is 0 Å². The van der Waals surface area contributed by atoms with Crippen LogP contribution in [-0.2, 0) is 19.0 Å². The second-order valence-corrected chi connectivity index (χ2v) is 10.6. The lowest BCUT2D eigenvalue weighted by molar-refractivity contribution is -0.549. The van der Waals surface area contributed by atoms with E-state index in [9.17, 15) is 23.1 Å². The molecule has 1 N–H and O–H groups in total. The molecule has 5 fully saturated rings. The molecule has 4 bridgehead atoms. The number of carbonyl (C=O) groups is 1. The summed E-state index contributed by atoms with van der Waals surface area (Å²) in [4.78, 5) is 11.9. The van der Waals surface area contributed by atoms with Gasteiger partial charge in [-0.2, -0.15) is 22.0 Å². The van der Waals surface area contributed by atoms with Crippen LogP contribution in [0.2, 0.25) is 0 Å². The van der Waals surface area contributed by atoms with Crippen LogP contribution in [0.5, 0.6) is 0 Å². The molecular weight excluding hydrogens is 427 g/mol. The molecule has 4 aliphatic carbocycles. The molecule has 5 aliphatic rings. The monoisotopic (exact) mass is 454 g/mol. The van der Waals surface area contributed by atoms with Gasteiger partial charge in [0.2, 0.25) is 0 Å². The molecule has 1 saturated heterocycles. The summed E-state index contributed by atoms with van der Waals surface area (Å²) in [6, 6.07) is 0. The highest BCUT2D eigenvalue weighted by atomic mass is 19.4. The summed E-state index contributed by atoms with van der Waals surface area (Å²) in [7, 11) is 0. The lowest BCUT2D eigenvalue weighted by atomic mass is 9.46. The summed E-state index contributed by atoms with van der Waals surface area (Å²) in [5.41, 5.74) is -4.75. The van der Waals surface area contributed by atoms with Crippen LogP contribution >= 0.6 is 0 Å². The van der Waals surface area contributed by atoms with Crippen molar-refractivity contribution in [2.75, 3.05) is 0 Å². The Bertz CT molecular complexity index is 772. The van der Waals surface area contributed by atoms with Gasteiger partial charge in [-0.1, -0.05) is 27.4 Å². The van der Waals surface area contributed by atoms with Gasteiger partial charge in [0.05, 0.1) is 0 Å². The first-order chi connectivity index (χ1) is 14.0. The van der Waals surface area contributed by atoms with Crippen molar-refractivity contribution in [2.45, 2.75) is 88.3 Å². The third-order valence-electron chi connectivity index (χ3n) is 7.42. The maximum absolute atomic E-state index is 15.8. The fourth-order valence-corrected chi connectivity index (χ4v) is 6.35. The quantitative estimate of drug-likeness (QED) is 0.382. The molecule has 0 aromatic heterocycles. The van der Waals surface area contributed by atoms with Gasteiger partial charge in [-0.05, 0) is 49.9 Å². The van der Waals surface area contributed by atoms with Crippen LogP contribution in [0.4, 0.5) is 22.0 Å². The molecule has 5 nitrogen and oxygen atoms in total. The Balaban J connectivity index is 1.83. The van der Waals surface area contributed by atoms with Gasteiger partial charge in [-0.15, -0.1) is 0 Å². The lowest BCUT2D eigenvalue weighted by Gasteiger charge is -2.68. The molecule has 10 heteroatoms. The van der Waals surface area contributed by atoms with E-state index in [-0.39, 0.29) is 31.6 Å². The molecule has 0 aromatic rings. The van der Waals surface area contributed by atoms with Crippen molar-refractivity contribution in [3.8, 4) is 0 Å². The van der Waals surface area contributed by atoms with E-state index in [0.29, 0.717) is 6.42 Å². The van der Waals surface area contributed by atoms with Crippen LogP contribution in [0.25, 0.3) is 0 Å². The summed E-state index contributed by atoms with van der Waals surface area (Å²) in [5, 5.41) is 10.4.